The number of piperidine rings is 1. The predicted molar refractivity (Wildman–Crippen MR) is 87.1 cm³/mol. The zero-order valence-corrected chi connectivity index (χ0v) is 14.6. The maximum absolute atomic E-state index is 12.1. The molecule has 0 aromatic rings. The standard InChI is InChI=1S/C17H28N2O4/c1-17(2,3)23-16(21)19-9-6-12(7-10-19)14-11-18-8-5-13(14)15(20)22-4/h12,18H,5-11H2,1-4H3. The van der Waals surface area contributed by atoms with Gasteiger partial charge < -0.3 is 19.7 Å². The molecule has 0 atom stereocenters. The monoisotopic (exact) mass is 324 g/mol. The average molecular weight is 324 g/mol. The highest BCUT2D eigenvalue weighted by molar-refractivity contribution is 5.89. The molecule has 0 unspecified atom stereocenters. The van der Waals surface area contributed by atoms with Gasteiger partial charge in [0.05, 0.1) is 7.11 Å². The fourth-order valence-corrected chi connectivity index (χ4v) is 3.19. The molecule has 1 saturated heterocycles. The van der Waals surface area contributed by atoms with E-state index in [-0.39, 0.29) is 12.1 Å². The Morgan fingerprint density at radius 2 is 1.87 bits per heavy atom. The van der Waals surface area contributed by atoms with Crippen molar-refractivity contribution in [3.8, 4) is 0 Å². The largest absolute Gasteiger partial charge is 0.466 e. The molecule has 0 aromatic carbocycles. The number of amides is 1. The van der Waals surface area contributed by atoms with Crippen molar-refractivity contribution in [3.05, 3.63) is 11.1 Å². The number of rotatable bonds is 2. The van der Waals surface area contributed by atoms with Crippen molar-refractivity contribution in [2.24, 2.45) is 5.92 Å². The van der Waals surface area contributed by atoms with Crippen molar-refractivity contribution in [3.63, 3.8) is 0 Å². The van der Waals surface area contributed by atoms with Crippen molar-refractivity contribution in [1.29, 1.82) is 0 Å². The minimum Gasteiger partial charge on any atom is -0.466 e. The minimum atomic E-state index is -0.470. The lowest BCUT2D eigenvalue weighted by Crippen LogP contribution is -2.43. The van der Waals surface area contributed by atoms with Gasteiger partial charge in [0.2, 0.25) is 0 Å². The van der Waals surface area contributed by atoms with Gasteiger partial charge in [0.25, 0.3) is 0 Å². The second-order valence-corrected chi connectivity index (χ2v) is 7.16. The van der Waals surface area contributed by atoms with Crippen LogP contribution in [0.4, 0.5) is 4.79 Å². The Hall–Kier alpha value is -1.56. The Labute approximate surface area is 138 Å². The van der Waals surface area contributed by atoms with E-state index in [4.69, 9.17) is 9.47 Å². The fourth-order valence-electron chi connectivity index (χ4n) is 3.19. The van der Waals surface area contributed by atoms with E-state index in [0.717, 1.165) is 37.1 Å². The molecule has 0 bridgehead atoms. The number of nitrogens with one attached hydrogen (secondary N) is 1. The Morgan fingerprint density at radius 1 is 1.22 bits per heavy atom. The van der Waals surface area contributed by atoms with Gasteiger partial charge in [0.15, 0.2) is 0 Å². The summed E-state index contributed by atoms with van der Waals surface area (Å²) in [6.07, 6.45) is 2.18. The van der Waals surface area contributed by atoms with E-state index in [9.17, 15) is 9.59 Å². The molecule has 0 spiro atoms. The molecule has 1 amide bonds. The first kappa shape index (κ1) is 17.8. The molecule has 0 aliphatic carbocycles. The average Bonchev–Trinajstić information content (AvgIpc) is 2.52. The maximum atomic E-state index is 12.1. The number of esters is 1. The van der Waals surface area contributed by atoms with Crippen LogP contribution in [0.2, 0.25) is 0 Å². The van der Waals surface area contributed by atoms with Gasteiger partial charge in [-0.25, -0.2) is 9.59 Å². The van der Waals surface area contributed by atoms with Crippen LogP contribution >= 0.6 is 0 Å². The minimum absolute atomic E-state index is 0.212. The lowest BCUT2D eigenvalue weighted by Gasteiger charge is -2.36. The van der Waals surface area contributed by atoms with Crippen molar-refractivity contribution in [2.75, 3.05) is 33.3 Å². The Kier molecular flexibility index (Phi) is 5.68. The zero-order valence-electron chi connectivity index (χ0n) is 14.6. The first-order chi connectivity index (χ1) is 10.8. The van der Waals surface area contributed by atoms with Gasteiger partial charge in [-0.15, -0.1) is 0 Å². The van der Waals surface area contributed by atoms with Crippen molar-refractivity contribution < 1.29 is 19.1 Å². The van der Waals surface area contributed by atoms with Crippen LogP contribution in [0.25, 0.3) is 0 Å². The molecule has 6 heteroatoms. The van der Waals surface area contributed by atoms with E-state index in [1.165, 1.54) is 7.11 Å². The molecule has 2 aliphatic heterocycles. The number of methoxy groups -OCH3 is 1. The number of hydrogen-bond donors (Lipinski definition) is 1. The Morgan fingerprint density at radius 3 is 2.43 bits per heavy atom. The molecule has 6 nitrogen and oxygen atoms in total. The van der Waals surface area contributed by atoms with Gasteiger partial charge in [-0.1, -0.05) is 0 Å². The van der Waals surface area contributed by atoms with Crippen LogP contribution in [0.1, 0.15) is 40.0 Å². The second-order valence-electron chi connectivity index (χ2n) is 7.16. The summed E-state index contributed by atoms with van der Waals surface area (Å²) in [7, 11) is 1.43. The topological polar surface area (TPSA) is 67.9 Å². The number of likely N-dealkylation sites (tertiary alicyclic amines) is 1. The predicted octanol–water partition coefficient (Wildman–Crippen LogP) is 2.10. The van der Waals surface area contributed by atoms with E-state index >= 15 is 0 Å². The second kappa shape index (κ2) is 7.34. The molecule has 0 saturated carbocycles. The van der Waals surface area contributed by atoms with Crippen LogP contribution in [-0.4, -0.2) is 55.9 Å². The third kappa shape index (κ3) is 4.70. The van der Waals surface area contributed by atoms with Crippen LogP contribution in [0.5, 0.6) is 0 Å². The Balaban J connectivity index is 1.99. The van der Waals surface area contributed by atoms with Gasteiger partial charge in [0, 0.05) is 25.2 Å². The third-order valence-corrected chi connectivity index (χ3v) is 4.33. The molecule has 2 rings (SSSR count). The van der Waals surface area contributed by atoms with Gasteiger partial charge in [0.1, 0.15) is 5.60 Å². The maximum Gasteiger partial charge on any atom is 0.410 e. The summed E-state index contributed by atoms with van der Waals surface area (Å²) in [6, 6.07) is 0. The van der Waals surface area contributed by atoms with Crippen molar-refractivity contribution in [1.82, 2.24) is 10.2 Å². The van der Waals surface area contributed by atoms with Gasteiger partial charge >= 0.3 is 12.1 Å². The van der Waals surface area contributed by atoms with E-state index < -0.39 is 5.60 Å². The highest BCUT2D eigenvalue weighted by Gasteiger charge is 2.31. The first-order valence-electron chi connectivity index (χ1n) is 8.30. The summed E-state index contributed by atoms with van der Waals surface area (Å²) in [4.78, 5) is 25.8. The number of carbonyl (C=O) groups excluding carboxylic acids is 2. The van der Waals surface area contributed by atoms with Crippen LogP contribution < -0.4 is 5.32 Å². The van der Waals surface area contributed by atoms with Gasteiger partial charge in [-0.2, -0.15) is 0 Å². The normalized spacial score (nSPS) is 20.4. The highest BCUT2D eigenvalue weighted by atomic mass is 16.6. The smallest absolute Gasteiger partial charge is 0.410 e. The molecule has 130 valence electrons. The lowest BCUT2D eigenvalue weighted by atomic mass is 9.84. The molecule has 23 heavy (non-hydrogen) atoms. The molecule has 1 fully saturated rings. The van der Waals surface area contributed by atoms with Crippen LogP contribution in [-0.2, 0) is 14.3 Å². The summed E-state index contributed by atoms with van der Waals surface area (Å²) >= 11 is 0. The number of hydrogen-bond acceptors (Lipinski definition) is 5. The molecule has 1 N–H and O–H groups in total. The van der Waals surface area contributed by atoms with E-state index in [1.54, 1.807) is 4.90 Å². The number of nitrogens with zero attached hydrogens (tertiary/aromatic N) is 1. The van der Waals surface area contributed by atoms with Crippen LogP contribution in [0, 0.1) is 5.92 Å². The summed E-state index contributed by atoms with van der Waals surface area (Å²) in [5.74, 6) is 0.117. The Bertz CT molecular complexity index is 485. The first-order valence-corrected chi connectivity index (χ1v) is 8.30. The van der Waals surface area contributed by atoms with E-state index in [0.29, 0.717) is 25.4 Å². The van der Waals surface area contributed by atoms with Crippen LogP contribution in [0.15, 0.2) is 11.1 Å². The summed E-state index contributed by atoms with van der Waals surface area (Å²) in [6.45, 7) is 8.50. The molecule has 2 heterocycles. The number of carbonyl (C=O) groups is 2. The quantitative estimate of drug-likeness (QED) is 0.788. The summed E-state index contributed by atoms with van der Waals surface area (Å²) in [5, 5.41) is 3.34. The molecule has 0 aromatic heterocycles. The molecule has 2 aliphatic rings. The van der Waals surface area contributed by atoms with Gasteiger partial charge in [-0.05, 0) is 58.1 Å². The third-order valence-electron chi connectivity index (χ3n) is 4.33. The van der Waals surface area contributed by atoms with E-state index in [1.807, 2.05) is 20.8 Å². The van der Waals surface area contributed by atoms with Crippen molar-refractivity contribution in [2.45, 2.75) is 45.6 Å². The molecular formula is C17H28N2O4. The zero-order chi connectivity index (χ0) is 17.0. The number of ether oxygens (including phenoxy) is 2. The van der Waals surface area contributed by atoms with Gasteiger partial charge in [-0.3, -0.25) is 0 Å². The lowest BCUT2D eigenvalue weighted by molar-refractivity contribution is -0.136. The van der Waals surface area contributed by atoms with E-state index in [2.05, 4.69) is 5.32 Å². The van der Waals surface area contributed by atoms with Crippen LogP contribution in [0.3, 0.4) is 0 Å². The fraction of sp³-hybridized carbons (Fsp3) is 0.765. The molecular weight excluding hydrogens is 296 g/mol. The summed E-state index contributed by atoms with van der Waals surface area (Å²) in [5.41, 5.74) is 1.51. The van der Waals surface area contributed by atoms with Crippen molar-refractivity contribution >= 4 is 12.1 Å². The summed E-state index contributed by atoms with van der Waals surface area (Å²) < 4.78 is 10.3. The molecule has 0 radical (unpaired) electrons. The highest BCUT2D eigenvalue weighted by Crippen LogP contribution is 2.30. The SMILES string of the molecule is COC(=O)C1=C(C2CCN(C(=O)OC(C)(C)C)CC2)CNCC1.